The number of carboxylic acid groups (broad SMARTS) is 1. The molecule has 5 nitrogen and oxygen atoms in total. The Balaban J connectivity index is 1.93. The van der Waals surface area contributed by atoms with E-state index in [1.54, 1.807) is 0 Å². The summed E-state index contributed by atoms with van der Waals surface area (Å²) in [6, 6.07) is 4.01. The Morgan fingerprint density at radius 2 is 2.05 bits per heavy atom. The highest BCUT2D eigenvalue weighted by atomic mass is 16.4. The molecule has 0 bridgehead atoms. The molecule has 0 radical (unpaired) electrons. The topological polar surface area (TPSA) is 70.8 Å². The van der Waals surface area contributed by atoms with E-state index in [2.05, 4.69) is 6.92 Å². The van der Waals surface area contributed by atoms with Crippen LogP contribution in [0.3, 0.4) is 0 Å². The van der Waals surface area contributed by atoms with E-state index < -0.39 is 5.97 Å². The van der Waals surface area contributed by atoms with Crippen LogP contribution < -0.4 is 0 Å². The summed E-state index contributed by atoms with van der Waals surface area (Å²) >= 11 is 0. The van der Waals surface area contributed by atoms with Crippen molar-refractivity contribution < 1.29 is 19.1 Å². The number of unbranched alkanes of at least 4 members (excludes halogenated alkanes) is 1. The van der Waals surface area contributed by atoms with Crippen molar-refractivity contribution in [1.29, 1.82) is 0 Å². The normalized spacial score (nSPS) is 18.4. The molecule has 1 aliphatic rings. The summed E-state index contributed by atoms with van der Waals surface area (Å²) in [4.78, 5) is 24.9. The van der Waals surface area contributed by atoms with Gasteiger partial charge in [-0.3, -0.25) is 9.59 Å². The predicted octanol–water partition coefficient (Wildman–Crippen LogP) is 3.54. The number of aryl methyl sites for hydroxylation is 1. The number of amides is 1. The Kier molecular flexibility index (Phi) is 6.04. The number of likely N-dealkylation sites (tertiary alicyclic amines) is 1. The second kappa shape index (κ2) is 8.01. The number of piperidine rings is 1. The van der Waals surface area contributed by atoms with Crippen molar-refractivity contribution in [3.05, 3.63) is 23.7 Å². The first-order chi connectivity index (χ1) is 10.6. The van der Waals surface area contributed by atoms with Crippen molar-refractivity contribution in [3.8, 4) is 0 Å². The van der Waals surface area contributed by atoms with Gasteiger partial charge in [-0.15, -0.1) is 0 Å². The van der Waals surface area contributed by atoms with Gasteiger partial charge in [0.2, 0.25) is 5.91 Å². The van der Waals surface area contributed by atoms with Crippen molar-refractivity contribution in [2.24, 2.45) is 0 Å². The monoisotopic (exact) mass is 307 g/mol. The van der Waals surface area contributed by atoms with Crippen molar-refractivity contribution >= 4 is 11.9 Å². The fourth-order valence-corrected chi connectivity index (χ4v) is 2.99. The van der Waals surface area contributed by atoms with Crippen LogP contribution in [0.2, 0.25) is 0 Å². The zero-order valence-corrected chi connectivity index (χ0v) is 13.2. The molecule has 0 spiro atoms. The van der Waals surface area contributed by atoms with Crippen LogP contribution in [0.5, 0.6) is 0 Å². The van der Waals surface area contributed by atoms with E-state index in [0.717, 1.165) is 43.7 Å². The Bertz CT molecular complexity index is 509. The number of nitrogens with zero attached hydrogens (tertiary/aromatic N) is 1. The number of aliphatic carboxylic acids is 1. The van der Waals surface area contributed by atoms with E-state index in [9.17, 15) is 9.59 Å². The third kappa shape index (κ3) is 4.36. The summed E-state index contributed by atoms with van der Waals surface area (Å²) < 4.78 is 5.84. The van der Waals surface area contributed by atoms with Gasteiger partial charge in [0, 0.05) is 25.8 Å². The van der Waals surface area contributed by atoms with Crippen LogP contribution in [0.15, 0.2) is 16.5 Å². The zero-order chi connectivity index (χ0) is 15.9. The minimum atomic E-state index is -0.800. The molecule has 0 aliphatic carbocycles. The second-order valence-electron chi connectivity index (χ2n) is 5.86. The molecular formula is C17H25NO4. The van der Waals surface area contributed by atoms with Crippen molar-refractivity contribution in [2.75, 3.05) is 6.54 Å². The SMILES string of the molecule is CCc1ccc(C2CCCCN2C(=O)CCCCC(=O)O)o1. The molecule has 1 amide bonds. The lowest BCUT2D eigenvalue weighted by atomic mass is 9.99. The Hall–Kier alpha value is -1.78. The molecule has 1 fully saturated rings. The highest BCUT2D eigenvalue weighted by Crippen LogP contribution is 2.32. The van der Waals surface area contributed by atoms with Crippen molar-refractivity contribution in [3.63, 3.8) is 0 Å². The van der Waals surface area contributed by atoms with Gasteiger partial charge in [0.05, 0.1) is 6.04 Å². The van der Waals surface area contributed by atoms with Crippen LogP contribution in [-0.4, -0.2) is 28.4 Å². The maximum absolute atomic E-state index is 12.4. The molecule has 1 N–H and O–H groups in total. The first-order valence-electron chi connectivity index (χ1n) is 8.21. The maximum Gasteiger partial charge on any atom is 0.303 e. The molecule has 1 atom stereocenters. The summed E-state index contributed by atoms with van der Waals surface area (Å²) in [6.07, 6.45) is 5.68. The van der Waals surface area contributed by atoms with E-state index in [1.807, 2.05) is 17.0 Å². The van der Waals surface area contributed by atoms with E-state index >= 15 is 0 Å². The van der Waals surface area contributed by atoms with Gasteiger partial charge in [-0.25, -0.2) is 0 Å². The molecule has 1 unspecified atom stereocenters. The maximum atomic E-state index is 12.4. The van der Waals surface area contributed by atoms with Crippen LogP contribution >= 0.6 is 0 Å². The van der Waals surface area contributed by atoms with Crippen LogP contribution in [0, 0.1) is 0 Å². The molecule has 0 saturated carbocycles. The highest BCUT2D eigenvalue weighted by molar-refractivity contribution is 5.76. The molecular weight excluding hydrogens is 282 g/mol. The molecule has 1 saturated heterocycles. The Labute approximate surface area is 131 Å². The number of hydrogen-bond donors (Lipinski definition) is 1. The molecule has 122 valence electrons. The summed E-state index contributed by atoms with van der Waals surface area (Å²) in [5, 5.41) is 8.64. The van der Waals surface area contributed by atoms with Gasteiger partial charge < -0.3 is 14.4 Å². The number of furan rings is 1. The Morgan fingerprint density at radius 3 is 2.73 bits per heavy atom. The number of rotatable bonds is 7. The number of carbonyl (C=O) groups is 2. The van der Waals surface area contributed by atoms with Gasteiger partial charge in [-0.05, 0) is 44.2 Å². The quantitative estimate of drug-likeness (QED) is 0.782. The zero-order valence-electron chi connectivity index (χ0n) is 13.2. The Morgan fingerprint density at radius 1 is 1.27 bits per heavy atom. The minimum Gasteiger partial charge on any atom is -0.481 e. The van der Waals surface area contributed by atoms with Gasteiger partial charge in [-0.2, -0.15) is 0 Å². The lowest BCUT2D eigenvalue weighted by Crippen LogP contribution is -2.38. The molecule has 0 aromatic carbocycles. The second-order valence-corrected chi connectivity index (χ2v) is 5.86. The van der Waals surface area contributed by atoms with E-state index in [-0.39, 0.29) is 18.4 Å². The standard InChI is InChI=1S/C17H25NO4/c1-2-13-10-11-15(22-13)14-7-5-6-12-18(14)16(19)8-3-4-9-17(20)21/h10-11,14H,2-9,12H2,1H3,(H,20,21). The summed E-state index contributed by atoms with van der Waals surface area (Å²) in [5.41, 5.74) is 0. The summed E-state index contributed by atoms with van der Waals surface area (Å²) in [5.74, 6) is 1.15. The van der Waals surface area contributed by atoms with Gasteiger partial charge in [0.15, 0.2) is 0 Å². The van der Waals surface area contributed by atoms with Crippen LogP contribution in [-0.2, 0) is 16.0 Å². The summed E-state index contributed by atoms with van der Waals surface area (Å²) in [6.45, 7) is 2.82. The third-order valence-electron chi connectivity index (χ3n) is 4.21. The number of hydrogen-bond acceptors (Lipinski definition) is 3. The van der Waals surface area contributed by atoms with E-state index in [1.165, 1.54) is 0 Å². The molecule has 22 heavy (non-hydrogen) atoms. The highest BCUT2D eigenvalue weighted by Gasteiger charge is 2.29. The van der Waals surface area contributed by atoms with Crippen LogP contribution in [0.1, 0.15) is 69.4 Å². The molecule has 1 aromatic heterocycles. The minimum absolute atomic E-state index is 0.0426. The van der Waals surface area contributed by atoms with Gasteiger partial charge >= 0.3 is 5.97 Å². The van der Waals surface area contributed by atoms with Crippen LogP contribution in [0.25, 0.3) is 0 Å². The first kappa shape index (κ1) is 16.6. The number of carbonyl (C=O) groups excluding carboxylic acids is 1. The average molecular weight is 307 g/mol. The lowest BCUT2D eigenvalue weighted by Gasteiger charge is -2.34. The van der Waals surface area contributed by atoms with Crippen LogP contribution in [0.4, 0.5) is 0 Å². The third-order valence-corrected chi connectivity index (χ3v) is 4.21. The van der Waals surface area contributed by atoms with E-state index in [0.29, 0.717) is 19.3 Å². The van der Waals surface area contributed by atoms with Crippen molar-refractivity contribution in [2.45, 2.75) is 64.3 Å². The molecule has 2 rings (SSSR count). The average Bonchev–Trinajstić information content (AvgIpc) is 3.00. The molecule has 5 heteroatoms. The fraction of sp³-hybridized carbons (Fsp3) is 0.647. The first-order valence-corrected chi connectivity index (χ1v) is 8.21. The van der Waals surface area contributed by atoms with Crippen molar-refractivity contribution in [1.82, 2.24) is 4.90 Å². The number of carboxylic acids is 1. The van der Waals surface area contributed by atoms with E-state index in [4.69, 9.17) is 9.52 Å². The largest absolute Gasteiger partial charge is 0.481 e. The molecule has 1 aromatic rings. The summed E-state index contributed by atoms with van der Waals surface area (Å²) in [7, 11) is 0. The van der Waals surface area contributed by atoms with Gasteiger partial charge in [0.1, 0.15) is 11.5 Å². The molecule has 2 heterocycles. The van der Waals surface area contributed by atoms with Gasteiger partial charge in [0.25, 0.3) is 0 Å². The van der Waals surface area contributed by atoms with Gasteiger partial charge in [-0.1, -0.05) is 6.92 Å². The smallest absolute Gasteiger partial charge is 0.303 e. The fourth-order valence-electron chi connectivity index (χ4n) is 2.99. The molecule has 1 aliphatic heterocycles. The lowest BCUT2D eigenvalue weighted by molar-refractivity contribution is -0.138. The predicted molar refractivity (Wildman–Crippen MR) is 82.5 cm³/mol.